The van der Waals surface area contributed by atoms with Crippen LogP contribution in [0.3, 0.4) is 0 Å². The van der Waals surface area contributed by atoms with Gasteiger partial charge in [0.15, 0.2) is 16.9 Å². The molecule has 1 aliphatic heterocycles. The maximum Gasteiger partial charge on any atom is 0.347 e. The number of benzene rings is 1. The van der Waals surface area contributed by atoms with Crippen molar-refractivity contribution in [3.05, 3.63) is 62.2 Å². The number of amidine groups is 1. The van der Waals surface area contributed by atoms with Crippen LogP contribution in [-0.2, 0) is 25.6 Å². The number of esters is 2. The zero-order valence-corrected chi connectivity index (χ0v) is 18.6. The SMILES string of the molecule is CCOC(=O)C(C)OC(=O)C1=CN(Cc2ccc(Cl)cc2Cl)C(c2nccs2)=NC1. The normalized spacial score (nSPS) is 14.6. The smallest absolute Gasteiger partial charge is 0.347 e. The summed E-state index contributed by atoms with van der Waals surface area (Å²) in [6.45, 7) is 3.81. The zero-order chi connectivity index (χ0) is 21.7. The maximum absolute atomic E-state index is 12.6. The third kappa shape index (κ3) is 5.38. The monoisotopic (exact) mass is 467 g/mol. The highest BCUT2D eigenvalue weighted by Gasteiger charge is 2.26. The molecule has 10 heteroatoms. The number of ether oxygens (including phenoxy) is 2. The Balaban J connectivity index is 1.83. The molecule has 0 N–H and O–H groups in total. The molecule has 30 heavy (non-hydrogen) atoms. The number of nitrogens with zero attached hydrogens (tertiary/aromatic N) is 3. The summed E-state index contributed by atoms with van der Waals surface area (Å²) in [5, 5.41) is 3.59. The van der Waals surface area contributed by atoms with Gasteiger partial charge in [-0.15, -0.1) is 11.3 Å². The predicted octanol–water partition coefficient (Wildman–Crippen LogP) is 4.09. The van der Waals surface area contributed by atoms with E-state index in [1.807, 2.05) is 11.4 Å². The second-order valence-electron chi connectivity index (χ2n) is 6.29. The molecule has 0 saturated heterocycles. The number of carbonyl (C=O) groups excluding carboxylic acids is 2. The number of hydrogen-bond donors (Lipinski definition) is 0. The molecular formula is C20H19Cl2N3O4S. The summed E-state index contributed by atoms with van der Waals surface area (Å²) in [6, 6.07) is 5.21. The first-order valence-corrected chi connectivity index (χ1v) is 10.8. The standard InChI is InChI=1S/C20H19Cl2N3O4S/c1-3-28-19(26)12(2)29-20(27)14-9-24-17(18-23-6-7-30-18)25(11-14)10-13-4-5-15(21)8-16(13)22/h4-8,11-12H,3,9-10H2,1-2H3. The lowest BCUT2D eigenvalue weighted by molar-refractivity contribution is -0.164. The number of aromatic nitrogens is 1. The summed E-state index contributed by atoms with van der Waals surface area (Å²) < 4.78 is 10.1. The van der Waals surface area contributed by atoms with E-state index >= 15 is 0 Å². The van der Waals surface area contributed by atoms with E-state index in [-0.39, 0.29) is 13.2 Å². The van der Waals surface area contributed by atoms with Gasteiger partial charge in [-0.2, -0.15) is 0 Å². The largest absolute Gasteiger partial charge is 0.463 e. The van der Waals surface area contributed by atoms with Gasteiger partial charge in [0, 0.05) is 27.8 Å². The lowest BCUT2D eigenvalue weighted by Crippen LogP contribution is -2.33. The van der Waals surface area contributed by atoms with Crippen LogP contribution in [0.15, 0.2) is 46.5 Å². The fourth-order valence-electron chi connectivity index (χ4n) is 2.68. The van der Waals surface area contributed by atoms with Crippen LogP contribution in [0.25, 0.3) is 0 Å². The Morgan fingerprint density at radius 1 is 1.33 bits per heavy atom. The van der Waals surface area contributed by atoms with E-state index in [1.54, 1.807) is 36.4 Å². The zero-order valence-electron chi connectivity index (χ0n) is 16.3. The molecule has 1 aromatic heterocycles. The molecule has 0 radical (unpaired) electrons. The summed E-state index contributed by atoms with van der Waals surface area (Å²) in [7, 11) is 0. The van der Waals surface area contributed by atoms with E-state index in [9.17, 15) is 9.59 Å². The van der Waals surface area contributed by atoms with Crippen molar-refractivity contribution in [1.29, 1.82) is 0 Å². The van der Waals surface area contributed by atoms with Gasteiger partial charge in [0.2, 0.25) is 0 Å². The topological polar surface area (TPSA) is 81.1 Å². The molecule has 0 bridgehead atoms. The summed E-state index contributed by atoms with van der Waals surface area (Å²) in [5.41, 5.74) is 1.10. The van der Waals surface area contributed by atoms with Gasteiger partial charge in [0.25, 0.3) is 0 Å². The van der Waals surface area contributed by atoms with E-state index in [2.05, 4.69) is 9.98 Å². The van der Waals surface area contributed by atoms with Crippen LogP contribution >= 0.6 is 34.5 Å². The van der Waals surface area contributed by atoms with Gasteiger partial charge in [-0.3, -0.25) is 4.99 Å². The number of hydrogen-bond acceptors (Lipinski definition) is 8. The molecule has 2 heterocycles. The predicted molar refractivity (Wildman–Crippen MR) is 116 cm³/mol. The van der Waals surface area contributed by atoms with Crippen molar-refractivity contribution in [2.75, 3.05) is 13.2 Å². The maximum atomic E-state index is 12.6. The van der Waals surface area contributed by atoms with Crippen LogP contribution in [0.4, 0.5) is 0 Å². The average molecular weight is 468 g/mol. The van der Waals surface area contributed by atoms with Crippen molar-refractivity contribution in [1.82, 2.24) is 9.88 Å². The van der Waals surface area contributed by atoms with Crippen molar-refractivity contribution < 1.29 is 19.1 Å². The van der Waals surface area contributed by atoms with E-state index < -0.39 is 18.0 Å². The van der Waals surface area contributed by atoms with Crippen LogP contribution in [0.5, 0.6) is 0 Å². The fraction of sp³-hybridized carbons (Fsp3) is 0.300. The molecule has 1 aliphatic rings. The molecule has 0 saturated carbocycles. The minimum absolute atomic E-state index is 0.105. The van der Waals surface area contributed by atoms with Gasteiger partial charge in [-0.25, -0.2) is 14.6 Å². The van der Waals surface area contributed by atoms with E-state index in [4.69, 9.17) is 32.7 Å². The quantitative estimate of drug-likeness (QED) is 0.570. The Kier molecular flexibility index (Phi) is 7.47. The highest BCUT2D eigenvalue weighted by Crippen LogP contribution is 2.25. The summed E-state index contributed by atoms with van der Waals surface area (Å²) in [4.78, 5) is 34.9. The number of rotatable bonds is 7. The third-order valence-corrected chi connectivity index (χ3v) is 5.48. The number of carbonyl (C=O) groups is 2. The number of halogens is 2. The second-order valence-corrected chi connectivity index (χ2v) is 8.03. The molecule has 158 valence electrons. The van der Waals surface area contributed by atoms with Crippen molar-refractivity contribution in [2.45, 2.75) is 26.5 Å². The first-order valence-electron chi connectivity index (χ1n) is 9.12. The van der Waals surface area contributed by atoms with Crippen LogP contribution in [0.2, 0.25) is 10.0 Å². The Bertz CT molecular complexity index is 992. The second kappa shape index (κ2) is 10.1. The molecule has 1 atom stereocenters. The molecule has 7 nitrogen and oxygen atoms in total. The van der Waals surface area contributed by atoms with Crippen LogP contribution in [0.1, 0.15) is 24.4 Å². The molecule has 0 aliphatic carbocycles. The molecule has 0 spiro atoms. The van der Waals surface area contributed by atoms with Crippen LogP contribution in [-0.4, -0.2) is 46.9 Å². The third-order valence-electron chi connectivity index (χ3n) is 4.13. The number of aliphatic imine (C=N–C) groups is 1. The summed E-state index contributed by atoms with van der Waals surface area (Å²) in [5.74, 6) is -0.616. The molecule has 0 amide bonds. The van der Waals surface area contributed by atoms with Crippen molar-refractivity contribution >= 4 is 52.3 Å². The molecule has 1 unspecified atom stereocenters. The first-order chi connectivity index (χ1) is 14.4. The van der Waals surface area contributed by atoms with Crippen molar-refractivity contribution in [3.63, 3.8) is 0 Å². The minimum Gasteiger partial charge on any atom is -0.463 e. The molecule has 3 rings (SSSR count). The van der Waals surface area contributed by atoms with Gasteiger partial charge < -0.3 is 14.4 Å². The lowest BCUT2D eigenvalue weighted by atomic mass is 10.2. The van der Waals surface area contributed by atoms with Crippen LogP contribution in [0, 0.1) is 0 Å². The Morgan fingerprint density at radius 3 is 2.80 bits per heavy atom. The van der Waals surface area contributed by atoms with Gasteiger partial charge in [0.05, 0.1) is 25.3 Å². The van der Waals surface area contributed by atoms with Gasteiger partial charge in [-0.05, 0) is 31.5 Å². The average Bonchev–Trinajstić information content (AvgIpc) is 3.24. The van der Waals surface area contributed by atoms with Gasteiger partial charge >= 0.3 is 11.9 Å². The van der Waals surface area contributed by atoms with Gasteiger partial charge in [-0.1, -0.05) is 29.3 Å². The molecule has 1 aromatic carbocycles. The molecule has 0 fully saturated rings. The summed E-state index contributed by atoms with van der Waals surface area (Å²) >= 11 is 13.8. The van der Waals surface area contributed by atoms with E-state index in [0.717, 1.165) is 5.56 Å². The Hall–Kier alpha value is -2.42. The lowest BCUT2D eigenvalue weighted by Gasteiger charge is -2.26. The highest BCUT2D eigenvalue weighted by molar-refractivity contribution is 7.11. The Morgan fingerprint density at radius 2 is 2.13 bits per heavy atom. The van der Waals surface area contributed by atoms with Crippen LogP contribution < -0.4 is 0 Å². The summed E-state index contributed by atoms with van der Waals surface area (Å²) in [6.07, 6.45) is 2.32. The van der Waals surface area contributed by atoms with E-state index in [0.29, 0.717) is 33.0 Å². The minimum atomic E-state index is -1.01. The Labute approximate surface area is 187 Å². The molecular weight excluding hydrogens is 449 g/mol. The highest BCUT2D eigenvalue weighted by atomic mass is 35.5. The van der Waals surface area contributed by atoms with E-state index in [1.165, 1.54) is 18.3 Å². The molecule has 2 aromatic rings. The van der Waals surface area contributed by atoms with Gasteiger partial charge in [0.1, 0.15) is 0 Å². The van der Waals surface area contributed by atoms with Crippen molar-refractivity contribution in [2.24, 2.45) is 4.99 Å². The number of thiazole rings is 1. The fourth-order valence-corrected chi connectivity index (χ4v) is 3.81. The van der Waals surface area contributed by atoms with Crippen molar-refractivity contribution in [3.8, 4) is 0 Å². The first kappa shape index (κ1) is 22.3.